The predicted octanol–water partition coefficient (Wildman–Crippen LogP) is 8.03. The lowest BCUT2D eigenvalue weighted by atomic mass is 9.97. The molecule has 0 saturated heterocycles. The van der Waals surface area contributed by atoms with Crippen LogP contribution in [0.15, 0.2) is 72.8 Å². The van der Waals surface area contributed by atoms with E-state index < -0.39 is 10.7 Å². The van der Waals surface area contributed by atoms with E-state index in [0.717, 1.165) is 38.7 Å². The lowest BCUT2D eigenvalue weighted by Crippen LogP contribution is -2.35. The third-order valence-corrected chi connectivity index (χ3v) is 9.70. The number of benzene rings is 4. The van der Waals surface area contributed by atoms with Crippen molar-refractivity contribution in [2.45, 2.75) is 46.7 Å². The van der Waals surface area contributed by atoms with Crippen LogP contribution in [0.1, 0.15) is 57.4 Å². The Labute approximate surface area is 286 Å². The zero-order valence-corrected chi connectivity index (χ0v) is 28.1. The molecule has 2 aliphatic heterocycles. The highest BCUT2D eigenvalue weighted by Crippen LogP contribution is 2.38. The number of nitro benzene ring substituents is 1. The Morgan fingerprint density at radius 2 is 1.12 bits per heavy atom. The molecule has 0 unspecified atom stereocenters. The molecule has 50 heavy (non-hydrogen) atoms. The number of nitro groups is 1. The number of hydrogen-bond donors (Lipinski definition) is 2. The van der Waals surface area contributed by atoms with Gasteiger partial charge in [-0.25, -0.2) is 8.78 Å². The number of hydrogen-bond acceptors (Lipinski definition) is 4. The van der Waals surface area contributed by atoms with Gasteiger partial charge in [0.1, 0.15) is 23.0 Å². The molecule has 0 spiro atoms. The van der Waals surface area contributed by atoms with Crippen LogP contribution in [0.2, 0.25) is 0 Å². The molecule has 4 aromatic carbocycles. The van der Waals surface area contributed by atoms with Crippen LogP contribution < -0.4 is 10.6 Å². The zero-order chi connectivity index (χ0) is 35.4. The number of carbonyl (C=O) groups is 2. The minimum Gasteiger partial charge on any atom is -0.349 e. The molecule has 0 fully saturated rings. The predicted molar refractivity (Wildman–Crippen MR) is 190 cm³/mol. The van der Waals surface area contributed by atoms with E-state index in [9.17, 15) is 28.5 Å². The first kappa shape index (κ1) is 32.7. The third-order valence-electron chi connectivity index (χ3n) is 9.70. The second-order valence-electron chi connectivity index (χ2n) is 13.0. The quantitative estimate of drug-likeness (QED) is 0.146. The molecule has 4 heterocycles. The highest BCUT2D eigenvalue weighted by Gasteiger charge is 2.27. The molecule has 254 valence electrons. The summed E-state index contributed by atoms with van der Waals surface area (Å²) in [6.45, 7) is 10.4. The van der Waals surface area contributed by atoms with E-state index in [0.29, 0.717) is 60.0 Å². The summed E-state index contributed by atoms with van der Waals surface area (Å²) in [7, 11) is 0. The maximum absolute atomic E-state index is 14.3. The zero-order valence-electron chi connectivity index (χ0n) is 28.1. The summed E-state index contributed by atoms with van der Waals surface area (Å²) >= 11 is 0. The first-order valence-electron chi connectivity index (χ1n) is 16.5. The number of amides is 2. The SMILES string of the molecule is Cc1c2n(c3c(-c4ccc(C(C)C)cc4)cc(F)cc13)CCNC2=O.Cc1c2n(c3c(-c4ccc([N+](=O)[O-])cc4)cc(F)cc13)CCNC2=O. The van der Waals surface area contributed by atoms with E-state index in [1.54, 1.807) is 25.1 Å². The van der Waals surface area contributed by atoms with Crippen LogP contribution in [0.4, 0.5) is 14.5 Å². The van der Waals surface area contributed by atoms with Crippen molar-refractivity contribution >= 4 is 39.3 Å². The van der Waals surface area contributed by atoms with Crippen LogP contribution in [0.25, 0.3) is 44.1 Å². The third kappa shape index (κ3) is 5.48. The summed E-state index contributed by atoms with van der Waals surface area (Å²) in [5, 5.41) is 18.0. The number of carbonyl (C=O) groups excluding carboxylic acids is 2. The first-order valence-corrected chi connectivity index (χ1v) is 16.5. The Kier molecular flexibility index (Phi) is 8.21. The summed E-state index contributed by atoms with van der Waals surface area (Å²) in [6.07, 6.45) is 0. The highest BCUT2D eigenvalue weighted by molar-refractivity contribution is 6.07. The van der Waals surface area contributed by atoms with Crippen molar-refractivity contribution in [3.63, 3.8) is 0 Å². The Morgan fingerprint density at radius 3 is 1.52 bits per heavy atom. The number of nitrogens with one attached hydrogen (secondary N) is 2. The smallest absolute Gasteiger partial charge is 0.269 e. The van der Waals surface area contributed by atoms with Crippen LogP contribution in [-0.2, 0) is 13.1 Å². The Balaban J connectivity index is 0.000000157. The molecule has 8 rings (SSSR count). The van der Waals surface area contributed by atoms with E-state index >= 15 is 0 Å². The van der Waals surface area contributed by atoms with Crippen molar-refractivity contribution in [2.24, 2.45) is 0 Å². The summed E-state index contributed by atoms with van der Waals surface area (Å²) in [5.41, 5.74) is 8.81. The maximum Gasteiger partial charge on any atom is 0.269 e. The number of nitrogens with zero attached hydrogens (tertiary/aromatic N) is 3. The minimum atomic E-state index is -0.474. The molecule has 0 aliphatic carbocycles. The van der Waals surface area contributed by atoms with Crippen molar-refractivity contribution in [3.8, 4) is 22.3 Å². The largest absolute Gasteiger partial charge is 0.349 e. The van der Waals surface area contributed by atoms with Gasteiger partial charge in [0.25, 0.3) is 17.5 Å². The van der Waals surface area contributed by atoms with Gasteiger partial charge in [-0.3, -0.25) is 19.7 Å². The van der Waals surface area contributed by atoms with Crippen LogP contribution in [0.3, 0.4) is 0 Å². The molecule has 2 N–H and O–H groups in total. The standard InChI is InChI=1S/C21H21FN2O.C18H14FN3O3/c1-12(2)14-4-6-15(7-5-14)18-11-16(22)10-17-13(3)19-21(25)23-8-9-24(19)20(17)18;1-10-14-8-12(19)9-15(11-2-4-13(5-3-11)22(24)25)17(14)21-7-6-20-18(23)16(10)21/h4-7,10-12H,8-9H2,1-3H3,(H,23,25);2-5,8-9H,6-7H2,1H3,(H,20,23). The van der Waals surface area contributed by atoms with Gasteiger partial charge >= 0.3 is 0 Å². The molecule has 0 bridgehead atoms. The molecule has 2 aliphatic rings. The second kappa shape index (κ2) is 12.6. The number of aromatic nitrogens is 2. The molecular weight excluding hydrogens is 640 g/mol. The van der Waals surface area contributed by atoms with E-state index in [2.05, 4.69) is 36.6 Å². The Morgan fingerprint density at radius 1 is 0.700 bits per heavy atom. The Bertz CT molecular complexity index is 2360. The van der Waals surface area contributed by atoms with Gasteiger partial charge < -0.3 is 19.8 Å². The van der Waals surface area contributed by atoms with Crippen LogP contribution in [0.5, 0.6) is 0 Å². The number of non-ortho nitro benzene ring substituents is 1. The molecule has 11 heteroatoms. The minimum absolute atomic E-state index is 0.0239. The topological polar surface area (TPSA) is 111 Å². The van der Waals surface area contributed by atoms with Gasteiger partial charge in [-0.05, 0) is 84.0 Å². The van der Waals surface area contributed by atoms with E-state index in [4.69, 9.17) is 0 Å². The molecule has 2 amide bonds. The van der Waals surface area contributed by atoms with Crippen LogP contribution in [-0.4, -0.2) is 39.0 Å². The number of aryl methyl sites for hydroxylation is 2. The van der Waals surface area contributed by atoms with Crippen molar-refractivity contribution in [3.05, 3.63) is 123 Å². The average molecular weight is 676 g/mol. The van der Waals surface area contributed by atoms with Crippen molar-refractivity contribution in [2.75, 3.05) is 13.1 Å². The molecule has 0 saturated carbocycles. The normalized spacial score (nSPS) is 13.8. The molecular formula is C39H35F2N5O4. The molecule has 9 nitrogen and oxygen atoms in total. The van der Waals surface area contributed by atoms with Gasteiger partial charge in [-0.15, -0.1) is 0 Å². The molecule has 6 aromatic rings. The van der Waals surface area contributed by atoms with Gasteiger partial charge in [-0.1, -0.05) is 38.1 Å². The lowest BCUT2D eigenvalue weighted by molar-refractivity contribution is -0.384. The fraction of sp³-hybridized carbons (Fsp3) is 0.231. The number of fused-ring (bicyclic) bond motifs is 6. The average Bonchev–Trinajstić information content (AvgIpc) is 3.55. The van der Waals surface area contributed by atoms with Gasteiger partial charge in [0, 0.05) is 60.2 Å². The Hall–Kier alpha value is -5.84. The van der Waals surface area contributed by atoms with Crippen molar-refractivity contribution in [1.82, 2.24) is 19.8 Å². The van der Waals surface area contributed by atoms with Gasteiger partial charge in [0.2, 0.25) is 0 Å². The highest BCUT2D eigenvalue weighted by atomic mass is 19.1. The van der Waals surface area contributed by atoms with Gasteiger partial charge in [-0.2, -0.15) is 0 Å². The van der Waals surface area contributed by atoms with Crippen LogP contribution >= 0.6 is 0 Å². The van der Waals surface area contributed by atoms with E-state index in [1.807, 2.05) is 28.2 Å². The summed E-state index contributed by atoms with van der Waals surface area (Å²) in [6, 6.07) is 20.2. The van der Waals surface area contributed by atoms with Gasteiger partial charge in [0.15, 0.2) is 0 Å². The lowest BCUT2D eigenvalue weighted by Gasteiger charge is -2.18. The van der Waals surface area contributed by atoms with E-state index in [-0.39, 0.29) is 23.3 Å². The monoisotopic (exact) mass is 675 g/mol. The number of rotatable bonds is 4. The van der Waals surface area contributed by atoms with E-state index in [1.165, 1.54) is 35.9 Å². The summed E-state index contributed by atoms with van der Waals surface area (Å²) in [4.78, 5) is 34.9. The van der Waals surface area contributed by atoms with Crippen LogP contribution in [0, 0.1) is 35.6 Å². The van der Waals surface area contributed by atoms with Gasteiger partial charge in [0.05, 0.1) is 16.0 Å². The second-order valence-corrected chi connectivity index (χ2v) is 13.0. The fourth-order valence-electron chi connectivity index (χ4n) is 7.25. The molecule has 2 aromatic heterocycles. The fourth-order valence-corrected chi connectivity index (χ4v) is 7.25. The van der Waals surface area contributed by atoms with Crippen molar-refractivity contribution in [1.29, 1.82) is 0 Å². The maximum atomic E-state index is 14.3. The summed E-state index contributed by atoms with van der Waals surface area (Å²) < 4.78 is 32.5. The summed E-state index contributed by atoms with van der Waals surface area (Å²) in [5.74, 6) is -0.487. The molecule has 0 atom stereocenters. The number of halogens is 2. The molecule has 0 radical (unpaired) electrons. The first-order chi connectivity index (χ1) is 23.9. The van der Waals surface area contributed by atoms with Crippen molar-refractivity contribution < 1.29 is 23.3 Å².